The van der Waals surface area contributed by atoms with Crippen LogP contribution in [0.2, 0.25) is 0 Å². The second kappa shape index (κ2) is 12.6. The summed E-state index contributed by atoms with van der Waals surface area (Å²) in [5.41, 5.74) is 3.41. The van der Waals surface area contributed by atoms with E-state index in [0.29, 0.717) is 34.2 Å². The number of hydrogen-bond acceptors (Lipinski definition) is 5. The molecule has 1 aliphatic rings. The molecular weight excluding hydrogens is 531 g/mol. The summed E-state index contributed by atoms with van der Waals surface area (Å²) in [6, 6.07) is 16.0. The Morgan fingerprint density at radius 3 is 2.57 bits per heavy atom. The molecule has 220 valence electrons. The minimum Gasteiger partial charge on any atom is -0.388 e. The van der Waals surface area contributed by atoms with E-state index in [2.05, 4.69) is 18.1 Å². The average molecular weight is 571 g/mol. The van der Waals surface area contributed by atoms with Gasteiger partial charge < -0.3 is 9.84 Å². The van der Waals surface area contributed by atoms with Gasteiger partial charge in [0.05, 0.1) is 41.8 Å². The number of hydrogen-bond donors (Lipinski definition) is 1. The number of nitrogens with zero attached hydrogens (tertiary/aromatic N) is 4. The molecule has 5 rings (SSSR count). The molecule has 0 amide bonds. The Balaban J connectivity index is 1.49. The summed E-state index contributed by atoms with van der Waals surface area (Å²) in [7, 11) is 0. The van der Waals surface area contributed by atoms with E-state index in [-0.39, 0.29) is 30.7 Å². The number of unbranched alkanes of at least 4 members (excludes halogenated alkanes) is 1. The third-order valence-corrected chi connectivity index (χ3v) is 8.15. The number of aliphatic hydroxyl groups is 1. The first-order valence-electron chi connectivity index (χ1n) is 14.9. The van der Waals surface area contributed by atoms with Crippen LogP contribution in [0.4, 0.5) is 4.39 Å². The monoisotopic (exact) mass is 570 g/mol. The first-order chi connectivity index (χ1) is 20.2. The van der Waals surface area contributed by atoms with Crippen molar-refractivity contribution in [1.82, 2.24) is 14.2 Å². The van der Waals surface area contributed by atoms with Gasteiger partial charge in [-0.1, -0.05) is 43.7 Å². The Kier molecular flexibility index (Phi) is 8.91. The van der Waals surface area contributed by atoms with Gasteiger partial charge in [-0.05, 0) is 70.1 Å². The van der Waals surface area contributed by atoms with Crippen molar-refractivity contribution in [3.63, 3.8) is 0 Å². The molecule has 2 aromatic carbocycles. The molecule has 42 heavy (non-hydrogen) atoms. The van der Waals surface area contributed by atoms with Crippen molar-refractivity contribution in [3.05, 3.63) is 93.3 Å². The van der Waals surface area contributed by atoms with Gasteiger partial charge in [0.1, 0.15) is 11.5 Å². The molecule has 2 heterocycles. The van der Waals surface area contributed by atoms with E-state index in [9.17, 15) is 15.2 Å². The summed E-state index contributed by atoms with van der Waals surface area (Å²) in [4.78, 5) is 14.3. The van der Waals surface area contributed by atoms with Gasteiger partial charge >= 0.3 is 0 Å². The molecule has 0 saturated heterocycles. The highest BCUT2D eigenvalue weighted by Crippen LogP contribution is 2.32. The van der Waals surface area contributed by atoms with Gasteiger partial charge in [0, 0.05) is 35.2 Å². The number of ether oxygens (including phenoxy) is 1. The van der Waals surface area contributed by atoms with Gasteiger partial charge in [-0.25, -0.2) is 8.91 Å². The highest BCUT2D eigenvalue weighted by Gasteiger charge is 2.28. The Bertz CT molecular complexity index is 1650. The molecule has 0 unspecified atom stereocenters. The van der Waals surface area contributed by atoms with Crippen LogP contribution < -0.4 is 5.56 Å². The van der Waals surface area contributed by atoms with Crippen molar-refractivity contribution in [2.75, 3.05) is 6.61 Å². The van der Waals surface area contributed by atoms with Crippen LogP contribution in [0.3, 0.4) is 0 Å². The van der Waals surface area contributed by atoms with Gasteiger partial charge in [-0.3, -0.25) is 9.36 Å². The number of nitriles is 1. The van der Waals surface area contributed by atoms with Crippen LogP contribution in [0.15, 0.2) is 59.5 Å². The Morgan fingerprint density at radius 1 is 1.12 bits per heavy atom. The lowest BCUT2D eigenvalue weighted by Gasteiger charge is -2.32. The van der Waals surface area contributed by atoms with Crippen molar-refractivity contribution >= 4 is 5.65 Å². The summed E-state index contributed by atoms with van der Waals surface area (Å²) in [5.74, 6) is -0.421. The van der Waals surface area contributed by atoms with Crippen LogP contribution >= 0.6 is 0 Å². The van der Waals surface area contributed by atoms with Crippen LogP contribution in [0.25, 0.3) is 16.8 Å². The highest BCUT2D eigenvalue weighted by molar-refractivity contribution is 5.71. The largest absolute Gasteiger partial charge is 0.388 e. The van der Waals surface area contributed by atoms with Crippen molar-refractivity contribution in [1.29, 1.82) is 5.26 Å². The fourth-order valence-electron chi connectivity index (χ4n) is 6.02. The molecule has 1 saturated carbocycles. The van der Waals surface area contributed by atoms with Gasteiger partial charge in [-0.15, -0.1) is 0 Å². The number of halogens is 1. The van der Waals surface area contributed by atoms with Crippen molar-refractivity contribution in [2.24, 2.45) is 0 Å². The third-order valence-electron chi connectivity index (χ3n) is 8.15. The SMILES string of the molecule is CCCCc1c(Cc2ccc(-c3ccccc3C#N)c(F)c2)c(=O)n(C2CCC(OCC(C)(C)O)CC2)c2ccnn12. The summed E-state index contributed by atoms with van der Waals surface area (Å²) in [6.07, 6.45) is 7.84. The highest BCUT2D eigenvalue weighted by atomic mass is 19.1. The second-order valence-electron chi connectivity index (χ2n) is 12.0. The Morgan fingerprint density at radius 2 is 1.88 bits per heavy atom. The standard InChI is InChI=1S/C34H39FN4O3/c1-4-5-10-31-29(19-23-11-16-28(30(35)20-23)27-9-7-6-8-24(27)21-36)33(40)38(32-17-18-37-39(31)32)25-12-14-26(15-13-25)42-22-34(2,3)41/h6-9,11,16-18,20,25-26,41H,4-5,10,12-15,19,22H2,1-3H3. The fourth-order valence-corrected chi connectivity index (χ4v) is 6.02. The van der Waals surface area contributed by atoms with Gasteiger partial charge in [0.25, 0.3) is 5.56 Å². The molecular formula is C34H39FN4O3. The normalized spacial score (nSPS) is 17.4. The topological polar surface area (TPSA) is 92.5 Å². The molecule has 0 aliphatic heterocycles. The molecule has 7 nitrogen and oxygen atoms in total. The van der Waals surface area contributed by atoms with Crippen LogP contribution in [-0.2, 0) is 17.6 Å². The second-order valence-corrected chi connectivity index (χ2v) is 12.0. The predicted molar refractivity (Wildman–Crippen MR) is 161 cm³/mol. The first kappa shape index (κ1) is 29.7. The summed E-state index contributed by atoms with van der Waals surface area (Å²) >= 11 is 0. The molecule has 4 aromatic rings. The van der Waals surface area contributed by atoms with Crippen LogP contribution in [0, 0.1) is 17.1 Å². The maximum absolute atomic E-state index is 15.5. The van der Waals surface area contributed by atoms with Gasteiger partial charge in [0.15, 0.2) is 0 Å². The number of rotatable bonds is 10. The zero-order valence-electron chi connectivity index (χ0n) is 24.6. The summed E-state index contributed by atoms with van der Waals surface area (Å²) in [5, 5.41) is 24.2. The number of aromatic nitrogens is 3. The zero-order valence-corrected chi connectivity index (χ0v) is 24.6. The fraction of sp³-hybridized carbons (Fsp3) is 0.441. The van der Waals surface area contributed by atoms with Crippen LogP contribution in [0.1, 0.15) is 87.7 Å². The molecule has 1 aliphatic carbocycles. The van der Waals surface area contributed by atoms with Gasteiger partial charge in [-0.2, -0.15) is 10.4 Å². The van der Waals surface area contributed by atoms with E-state index in [0.717, 1.165) is 49.9 Å². The quantitative estimate of drug-likeness (QED) is 0.239. The summed E-state index contributed by atoms with van der Waals surface area (Å²) < 4.78 is 25.2. The number of aryl methyl sites for hydroxylation is 1. The van der Waals surface area contributed by atoms with Crippen molar-refractivity contribution in [2.45, 2.75) is 89.9 Å². The van der Waals surface area contributed by atoms with Crippen molar-refractivity contribution in [3.8, 4) is 17.2 Å². The zero-order chi connectivity index (χ0) is 29.9. The Hall–Kier alpha value is -3.80. The minimum absolute atomic E-state index is 0.000688. The van der Waals surface area contributed by atoms with E-state index in [1.54, 1.807) is 50.4 Å². The van der Waals surface area contributed by atoms with E-state index in [1.807, 2.05) is 21.2 Å². The van der Waals surface area contributed by atoms with E-state index >= 15 is 4.39 Å². The Labute approximate surface area is 246 Å². The number of benzene rings is 2. The predicted octanol–water partition coefficient (Wildman–Crippen LogP) is 6.38. The maximum Gasteiger partial charge on any atom is 0.257 e. The molecule has 0 bridgehead atoms. The van der Waals surface area contributed by atoms with Crippen LogP contribution in [-0.4, -0.2) is 37.6 Å². The number of fused-ring (bicyclic) bond motifs is 1. The molecule has 2 aromatic heterocycles. The molecule has 1 fully saturated rings. The maximum atomic E-state index is 15.5. The molecule has 8 heteroatoms. The molecule has 0 atom stereocenters. The van der Waals surface area contributed by atoms with Crippen LogP contribution in [0.5, 0.6) is 0 Å². The van der Waals surface area contributed by atoms with Crippen molar-refractivity contribution < 1.29 is 14.2 Å². The lowest BCUT2D eigenvalue weighted by Crippen LogP contribution is -2.36. The minimum atomic E-state index is -0.877. The molecule has 1 N–H and O–H groups in total. The lowest BCUT2D eigenvalue weighted by molar-refractivity contribution is -0.0654. The van der Waals surface area contributed by atoms with E-state index in [1.165, 1.54) is 6.07 Å². The van der Waals surface area contributed by atoms with E-state index < -0.39 is 11.4 Å². The average Bonchev–Trinajstić information content (AvgIpc) is 3.45. The smallest absolute Gasteiger partial charge is 0.257 e. The lowest BCUT2D eigenvalue weighted by atomic mass is 9.92. The third kappa shape index (κ3) is 6.33. The first-order valence-corrected chi connectivity index (χ1v) is 14.9. The summed E-state index contributed by atoms with van der Waals surface area (Å²) in [6.45, 7) is 5.87. The molecule has 0 radical (unpaired) electrons. The van der Waals surface area contributed by atoms with E-state index in [4.69, 9.17) is 4.74 Å². The van der Waals surface area contributed by atoms with Gasteiger partial charge in [0.2, 0.25) is 0 Å². The molecule has 0 spiro atoms.